The van der Waals surface area contributed by atoms with Crippen LogP contribution in [0, 0.1) is 11.8 Å². The van der Waals surface area contributed by atoms with Crippen LogP contribution >= 0.6 is 0 Å². The molecule has 0 aliphatic carbocycles. The van der Waals surface area contributed by atoms with Gasteiger partial charge in [-0.25, -0.2) is 4.79 Å². The lowest BCUT2D eigenvalue weighted by Gasteiger charge is -2.32. The van der Waals surface area contributed by atoms with Crippen molar-refractivity contribution >= 4 is 6.03 Å². The SMILES string of the molecule is CC(C)CCN1CCC(CNC(=O)N(C)CCO)CC1. The van der Waals surface area contributed by atoms with Crippen LogP contribution < -0.4 is 5.32 Å². The molecular formula is C15H31N3O2. The van der Waals surface area contributed by atoms with E-state index in [1.165, 1.54) is 30.7 Å². The average Bonchev–Trinajstić information content (AvgIpc) is 2.43. The molecule has 20 heavy (non-hydrogen) atoms. The molecule has 5 nitrogen and oxygen atoms in total. The van der Waals surface area contributed by atoms with Gasteiger partial charge in [-0.2, -0.15) is 0 Å². The number of hydrogen-bond acceptors (Lipinski definition) is 3. The molecule has 1 aliphatic rings. The highest BCUT2D eigenvalue weighted by atomic mass is 16.3. The topological polar surface area (TPSA) is 55.8 Å². The zero-order valence-corrected chi connectivity index (χ0v) is 13.3. The molecule has 0 aromatic carbocycles. The minimum atomic E-state index is -0.0821. The first kappa shape index (κ1) is 17.2. The van der Waals surface area contributed by atoms with Gasteiger partial charge in [-0.3, -0.25) is 0 Å². The van der Waals surface area contributed by atoms with Crippen molar-refractivity contribution in [2.75, 3.05) is 46.4 Å². The van der Waals surface area contributed by atoms with E-state index >= 15 is 0 Å². The molecule has 0 bridgehead atoms. The lowest BCUT2D eigenvalue weighted by atomic mass is 9.96. The van der Waals surface area contributed by atoms with Gasteiger partial charge in [-0.15, -0.1) is 0 Å². The second kappa shape index (κ2) is 9.19. The third-order valence-electron chi connectivity index (χ3n) is 4.05. The molecular weight excluding hydrogens is 254 g/mol. The van der Waals surface area contributed by atoms with Gasteiger partial charge >= 0.3 is 6.03 Å². The molecule has 2 amide bonds. The molecule has 0 atom stereocenters. The molecule has 1 aliphatic heterocycles. The number of likely N-dealkylation sites (tertiary alicyclic amines) is 1. The van der Waals surface area contributed by atoms with Crippen molar-refractivity contribution < 1.29 is 9.90 Å². The lowest BCUT2D eigenvalue weighted by molar-refractivity contribution is 0.167. The van der Waals surface area contributed by atoms with Crippen LogP contribution in [0.5, 0.6) is 0 Å². The predicted molar refractivity (Wildman–Crippen MR) is 81.7 cm³/mol. The Morgan fingerprint density at radius 2 is 2.05 bits per heavy atom. The number of carbonyl (C=O) groups excluding carboxylic acids is 1. The number of nitrogens with one attached hydrogen (secondary N) is 1. The third kappa shape index (κ3) is 6.57. The normalized spacial score (nSPS) is 17.4. The number of amides is 2. The van der Waals surface area contributed by atoms with Gasteiger partial charge in [0.25, 0.3) is 0 Å². The smallest absolute Gasteiger partial charge is 0.317 e. The van der Waals surface area contributed by atoms with Gasteiger partial charge < -0.3 is 20.2 Å². The van der Waals surface area contributed by atoms with E-state index in [2.05, 4.69) is 24.1 Å². The van der Waals surface area contributed by atoms with Crippen molar-refractivity contribution in [3.8, 4) is 0 Å². The van der Waals surface area contributed by atoms with Gasteiger partial charge in [0.1, 0.15) is 0 Å². The summed E-state index contributed by atoms with van der Waals surface area (Å²) in [7, 11) is 1.71. The Hall–Kier alpha value is -0.810. The Morgan fingerprint density at radius 1 is 1.40 bits per heavy atom. The van der Waals surface area contributed by atoms with Crippen molar-refractivity contribution in [2.24, 2.45) is 11.8 Å². The lowest BCUT2D eigenvalue weighted by Crippen LogP contribution is -2.43. The summed E-state index contributed by atoms with van der Waals surface area (Å²) in [4.78, 5) is 15.8. The molecule has 1 rings (SSSR count). The van der Waals surface area contributed by atoms with Crippen LogP contribution in [0.15, 0.2) is 0 Å². The van der Waals surface area contributed by atoms with Crippen LogP contribution in [0.3, 0.4) is 0 Å². The van der Waals surface area contributed by atoms with Crippen molar-refractivity contribution in [1.29, 1.82) is 0 Å². The van der Waals surface area contributed by atoms with Crippen LogP contribution in [0.1, 0.15) is 33.1 Å². The van der Waals surface area contributed by atoms with Crippen LogP contribution in [0.2, 0.25) is 0 Å². The zero-order valence-electron chi connectivity index (χ0n) is 13.3. The summed E-state index contributed by atoms with van der Waals surface area (Å²) in [6.45, 7) is 9.20. The van der Waals surface area contributed by atoms with E-state index in [9.17, 15) is 4.79 Å². The number of rotatable bonds is 7. The number of piperidine rings is 1. The molecule has 0 radical (unpaired) electrons. The number of likely N-dealkylation sites (N-methyl/N-ethyl adjacent to an activating group) is 1. The molecule has 1 heterocycles. The summed E-state index contributed by atoms with van der Waals surface area (Å²) in [6, 6.07) is -0.0821. The zero-order chi connectivity index (χ0) is 15.0. The monoisotopic (exact) mass is 285 g/mol. The van der Waals surface area contributed by atoms with Crippen LogP contribution in [-0.2, 0) is 0 Å². The maximum atomic E-state index is 11.7. The molecule has 5 heteroatoms. The largest absolute Gasteiger partial charge is 0.395 e. The van der Waals surface area contributed by atoms with Crippen molar-refractivity contribution in [3.63, 3.8) is 0 Å². The first-order valence-corrected chi connectivity index (χ1v) is 7.85. The Labute approximate surface area is 123 Å². The van der Waals surface area contributed by atoms with Crippen LogP contribution in [0.25, 0.3) is 0 Å². The number of urea groups is 1. The Morgan fingerprint density at radius 3 is 2.60 bits per heavy atom. The van der Waals surface area contributed by atoms with Crippen molar-refractivity contribution in [1.82, 2.24) is 15.1 Å². The number of carbonyl (C=O) groups is 1. The van der Waals surface area contributed by atoms with E-state index in [-0.39, 0.29) is 12.6 Å². The summed E-state index contributed by atoms with van der Waals surface area (Å²) >= 11 is 0. The second-order valence-corrected chi connectivity index (χ2v) is 6.30. The number of hydrogen-bond donors (Lipinski definition) is 2. The van der Waals surface area contributed by atoms with E-state index in [0.717, 1.165) is 25.6 Å². The highest BCUT2D eigenvalue weighted by Crippen LogP contribution is 2.17. The molecule has 0 aromatic rings. The van der Waals surface area contributed by atoms with Gasteiger partial charge in [-0.1, -0.05) is 13.8 Å². The predicted octanol–water partition coefficient (Wildman–Crippen LogP) is 1.38. The summed E-state index contributed by atoms with van der Waals surface area (Å²) < 4.78 is 0. The number of aliphatic hydroxyl groups excluding tert-OH is 1. The van der Waals surface area contributed by atoms with Crippen molar-refractivity contribution in [2.45, 2.75) is 33.1 Å². The standard InChI is InChI=1S/C15H31N3O2/c1-13(2)4-7-18-8-5-14(6-9-18)12-16-15(20)17(3)10-11-19/h13-14,19H,4-12H2,1-3H3,(H,16,20). The van der Waals surface area contributed by atoms with Gasteiger partial charge in [0.05, 0.1) is 6.61 Å². The van der Waals surface area contributed by atoms with Crippen molar-refractivity contribution in [3.05, 3.63) is 0 Å². The van der Waals surface area contributed by atoms with E-state index < -0.39 is 0 Å². The van der Waals surface area contributed by atoms with Gasteiger partial charge in [-0.05, 0) is 50.7 Å². The molecule has 0 saturated carbocycles. The van der Waals surface area contributed by atoms with Gasteiger partial charge in [0.15, 0.2) is 0 Å². The highest BCUT2D eigenvalue weighted by Gasteiger charge is 2.20. The Bertz CT molecular complexity index is 276. The number of nitrogens with zero attached hydrogens (tertiary/aromatic N) is 2. The fourth-order valence-electron chi connectivity index (χ4n) is 2.47. The van der Waals surface area contributed by atoms with E-state index in [1.54, 1.807) is 7.05 Å². The summed E-state index contributed by atoms with van der Waals surface area (Å²) in [6.07, 6.45) is 3.61. The quantitative estimate of drug-likeness (QED) is 0.743. The van der Waals surface area contributed by atoms with E-state index in [4.69, 9.17) is 5.11 Å². The summed E-state index contributed by atoms with van der Waals surface area (Å²) in [5, 5.41) is 11.8. The average molecular weight is 285 g/mol. The van der Waals surface area contributed by atoms with Gasteiger partial charge in [0, 0.05) is 20.1 Å². The first-order valence-electron chi connectivity index (χ1n) is 7.85. The maximum absolute atomic E-state index is 11.7. The fourth-order valence-corrected chi connectivity index (χ4v) is 2.47. The molecule has 0 spiro atoms. The molecule has 1 saturated heterocycles. The minimum absolute atomic E-state index is 0.0121. The Kier molecular flexibility index (Phi) is 7.92. The molecule has 1 fully saturated rings. The summed E-state index contributed by atoms with van der Waals surface area (Å²) in [5.74, 6) is 1.37. The molecule has 0 unspecified atom stereocenters. The van der Waals surface area contributed by atoms with E-state index in [1.807, 2.05) is 0 Å². The molecule has 118 valence electrons. The summed E-state index contributed by atoms with van der Waals surface area (Å²) in [5.41, 5.74) is 0. The third-order valence-corrected chi connectivity index (χ3v) is 4.05. The van der Waals surface area contributed by atoms with Gasteiger partial charge in [0.2, 0.25) is 0 Å². The first-order chi connectivity index (χ1) is 9.52. The van der Waals surface area contributed by atoms with E-state index in [0.29, 0.717) is 12.5 Å². The fraction of sp³-hybridized carbons (Fsp3) is 0.933. The van der Waals surface area contributed by atoms with Crippen LogP contribution in [0.4, 0.5) is 4.79 Å². The number of aliphatic hydroxyl groups is 1. The van der Waals surface area contributed by atoms with Crippen LogP contribution in [-0.4, -0.2) is 67.3 Å². The maximum Gasteiger partial charge on any atom is 0.317 e. The highest BCUT2D eigenvalue weighted by molar-refractivity contribution is 5.73. The second-order valence-electron chi connectivity index (χ2n) is 6.30. The Balaban J connectivity index is 2.14. The minimum Gasteiger partial charge on any atom is -0.395 e. The molecule has 2 N–H and O–H groups in total. The molecule has 0 aromatic heterocycles.